The Morgan fingerprint density at radius 1 is 1.33 bits per heavy atom. The van der Waals surface area contributed by atoms with Crippen LogP contribution in [0.5, 0.6) is 0 Å². The Kier molecular flexibility index (Phi) is 2.25. The third-order valence-electron chi connectivity index (χ3n) is 1.93. The highest BCUT2D eigenvalue weighted by atomic mass is 16.3. The average Bonchev–Trinajstić information content (AvgIpc) is 2.16. The lowest BCUT2D eigenvalue weighted by Gasteiger charge is -2.01. The predicted octanol–water partition coefficient (Wildman–Crippen LogP) is 1.75. The fourth-order valence-corrected chi connectivity index (χ4v) is 1.34. The lowest BCUT2D eigenvalue weighted by Crippen LogP contribution is -2.09. The van der Waals surface area contributed by atoms with Crippen molar-refractivity contribution in [1.29, 1.82) is 0 Å². The molecule has 0 radical (unpaired) electrons. The van der Waals surface area contributed by atoms with E-state index in [2.05, 4.69) is 5.32 Å². The second-order valence-corrected chi connectivity index (χ2v) is 3.15. The van der Waals surface area contributed by atoms with Gasteiger partial charge in [-0.05, 0) is 12.1 Å². The fraction of sp³-hybridized carbons (Fsp3) is 0.0909. The van der Waals surface area contributed by atoms with Crippen molar-refractivity contribution >= 4 is 22.8 Å². The summed E-state index contributed by atoms with van der Waals surface area (Å²) in [7, 11) is 0. The number of para-hydroxylation sites is 1. The maximum absolute atomic E-state index is 11.6. The number of nitrogens with one attached hydrogen (secondary N) is 1. The summed E-state index contributed by atoms with van der Waals surface area (Å²) in [6.07, 6.45) is 0. The Bertz CT molecular complexity index is 571. The molecule has 1 amide bonds. The SMILES string of the molecule is CC(=O)Nc1cc(=O)c2ccccc2o1. The van der Waals surface area contributed by atoms with Gasteiger partial charge in [0.05, 0.1) is 5.39 Å². The zero-order valence-corrected chi connectivity index (χ0v) is 8.11. The summed E-state index contributed by atoms with van der Waals surface area (Å²) in [6, 6.07) is 8.16. The van der Waals surface area contributed by atoms with Gasteiger partial charge in [-0.1, -0.05) is 12.1 Å². The standard InChI is InChI=1S/C11H9NO3/c1-7(13)12-11-6-9(14)8-4-2-3-5-10(8)15-11/h2-6H,1H3,(H,12,13). The van der Waals surface area contributed by atoms with Gasteiger partial charge >= 0.3 is 0 Å². The molecule has 1 aromatic carbocycles. The molecule has 76 valence electrons. The van der Waals surface area contributed by atoms with Crippen LogP contribution in [0.2, 0.25) is 0 Å². The van der Waals surface area contributed by atoms with Crippen LogP contribution in [0.3, 0.4) is 0 Å². The lowest BCUT2D eigenvalue weighted by atomic mass is 10.2. The third kappa shape index (κ3) is 1.88. The summed E-state index contributed by atoms with van der Waals surface area (Å²) in [6.45, 7) is 1.36. The van der Waals surface area contributed by atoms with Gasteiger partial charge in [-0.15, -0.1) is 0 Å². The summed E-state index contributed by atoms with van der Waals surface area (Å²) in [4.78, 5) is 22.4. The first-order valence-electron chi connectivity index (χ1n) is 4.47. The molecule has 2 aromatic rings. The molecule has 4 nitrogen and oxygen atoms in total. The number of fused-ring (bicyclic) bond motifs is 1. The molecule has 1 aromatic heterocycles. The van der Waals surface area contributed by atoms with Crippen molar-refractivity contribution in [2.75, 3.05) is 5.32 Å². The maximum atomic E-state index is 11.6. The maximum Gasteiger partial charge on any atom is 0.223 e. The molecule has 0 aliphatic carbocycles. The van der Waals surface area contributed by atoms with Crippen LogP contribution in [0.1, 0.15) is 6.92 Å². The van der Waals surface area contributed by atoms with E-state index in [4.69, 9.17) is 4.42 Å². The number of hydrogen-bond donors (Lipinski definition) is 1. The Morgan fingerprint density at radius 2 is 2.07 bits per heavy atom. The van der Waals surface area contributed by atoms with Gasteiger partial charge < -0.3 is 4.42 Å². The molecule has 2 rings (SSSR count). The predicted molar refractivity (Wildman–Crippen MR) is 56.8 cm³/mol. The summed E-state index contributed by atoms with van der Waals surface area (Å²) in [5.41, 5.74) is 0.300. The molecule has 0 aliphatic heterocycles. The normalized spacial score (nSPS) is 10.2. The minimum atomic E-state index is -0.270. The summed E-state index contributed by atoms with van der Waals surface area (Å²) >= 11 is 0. The van der Waals surface area contributed by atoms with Gasteiger partial charge in [-0.3, -0.25) is 14.9 Å². The van der Waals surface area contributed by atoms with E-state index < -0.39 is 0 Å². The first-order chi connectivity index (χ1) is 7.16. The minimum absolute atomic E-state index is 0.166. The minimum Gasteiger partial charge on any atom is -0.440 e. The smallest absolute Gasteiger partial charge is 0.223 e. The van der Waals surface area contributed by atoms with E-state index in [1.807, 2.05) is 0 Å². The molecule has 0 aliphatic rings. The Labute approximate surface area is 85.5 Å². The fourth-order valence-electron chi connectivity index (χ4n) is 1.34. The molecule has 1 heterocycles. The first kappa shape index (κ1) is 9.45. The highest BCUT2D eigenvalue weighted by Gasteiger charge is 2.04. The van der Waals surface area contributed by atoms with Crippen molar-refractivity contribution in [3.8, 4) is 0 Å². The number of carbonyl (C=O) groups excluding carboxylic acids is 1. The van der Waals surface area contributed by atoms with E-state index in [1.54, 1.807) is 24.3 Å². The van der Waals surface area contributed by atoms with Crippen molar-refractivity contribution in [3.05, 3.63) is 40.6 Å². The van der Waals surface area contributed by atoms with Crippen molar-refractivity contribution < 1.29 is 9.21 Å². The highest BCUT2D eigenvalue weighted by molar-refractivity contribution is 5.88. The van der Waals surface area contributed by atoms with Gasteiger partial charge in [-0.25, -0.2) is 0 Å². The number of carbonyl (C=O) groups is 1. The van der Waals surface area contributed by atoms with E-state index >= 15 is 0 Å². The van der Waals surface area contributed by atoms with E-state index in [0.717, 1.165) is 0 Å². The van der Waals surface area contributed by atoms with Crippen molar-refractivity contribution in [1.82, 2.24) is 0 Å². The van der Waals surface area contributed by atoms with Crippen LogP contribution in [0.25, 0.3) is 11.0 Å². The van der Waals surface area contributed by atoms with Crippen LogP contribution >= 0.6 is 0 Å². The van der Waals surface area contributed by atoms with Crippen LogP contribution in [0.4, 0.5) is 5.88 Å². The van der Waals surface area contributed by atoms with Crippen molar-refractivity contribution in [2.45, 2.75) is 6.92 Å². The zero-order valence-electron chi connectivity index (χ0n) is 8.11. The largest absolute Gasteiger partial charge is 0.440 e. The van der Waals surface area contributed by atoms with Crippen LogP contribution in [0, 0.1) is 0 Å². The third-order valence-corrected chi connectivity index (χ3v) is 1.93. The van der Waals surface area contributed by atoms with E-state index in [9.17, 15) is 9.59 Å². The Hall–Kier alpha value is -2.10. The topological polar surface area (TPSA) is 59.3 Å². The zero-order chi connectivity index (χ0) is 10.8. The van der Waals surface area contributed by atoms with Crippen LogP contribution in [-0.2, 0) is 4.79 Å². The molecule has 0 spiro atoms. The number of rotatable bonds is 1. The van der Waals surface area contributed by atoms with E-state index in [-0.39, 0.29) is 17.2 Å². The first-order valence-corrected chi connectivity index (χ1v) is 4.47. The van der Waals surface area contributed by atoms with Crippen LogP contribution < -0.4 is 10.7 Å². The summed E-state index contributed by atoms with van der Waals surface area (Å²) in [5, 5.41) is 2.94. The number of hydrogen-bond acceptors (Lipinski definition) is 3. The quantitative estimate of drug-likeness (QED) is 0.768. The van der Waals surface area contributed by atoms with E-state index in [1.165, 1.54) is 13.0 Å². The Balaban J connectivity index is 2.62. The molecular formula is C11H9NO3. The van der Waals surface area contributed by atoms with Crippen LogP contribution in [0.15, 0.2) is 39.5 Å². The molecule has 15 heavy (non-hydrogen) atoms. The lowest BCUT2D eigenvalue weighted by molar-refractivity contribution is -0.114. The molecule has 0 saturated heterocycles. The molecule has 0 atom stereocenters. The monoisotopic (exact) mass is 203 g/mol. The Morgan fingerprint density at radius 3 is 2.80 bits per heavy atom. The molecule has 0 unspecified atom stereocenters. The van der Waals surface area contributed by atoms with Gasteiger partial charge in [-0.2, -0.15) is 0 Å². The highest BCUT2D eigenvalue weighted by Crippen LogP contribution is 2.14. The number of benzene rings is 1. The van der Waals surface area contributed by atoms with Gasteiger partial charge in [0.25, 0.3) is 0 Å². The molecule has 0 bridgehead atoms. The van der Waals surface area contributed by atoms with Gasteiger partial charge in [0.2, 0.25) is 11.8 Å². The van der Waals surface area contributed by atoms with Crippen molar-refractivity contribution in [2.24, 2.45) is 0 Å². The summed E-state index contributed by atoms with van der Waals surface area (Å²) in [5.74, 6) is -0.0976. The van der Waals surface area contributed by atoms with Gasteiger partial charge in [0.1, 0.15) is 5.58 Å². The number of amides is 1. The number of anilines is 1. The molecular weight excluding hydrogens is 194 g/mol. The second kappa shape index (κ2) is 3.57. The molecule has 0 saturated carbocycles. The second-order valence-electron chi connectivity index (χ2n) is 3.15. The molecule has 1 N–H and O–H groups in total. The molecule has 4 heteroatoms. The summed E-state index contributed by atoms with van der Waals surface area (Å²) < 4.78 is 5.32. The van der Waals surface area contributed by atoms with Crippen molar-refractivity contribution in [3.63, 3.8) is 0 Å². The molecule has 0 fully saturated rings. The van der Waals surface area contributed by atoms with Gasteiger partial charge in [0.15, 0.2) is 5.43 Å². The van der Waals surface area contributed by atoms with E-state index in [0.29, 0.717) is 11.0 Å². The van der Waals surface area contributed by atoms with Gasteiger partial charge in [0, 0.05) is 13.0 Å². The average molecular weight is 203 g/mol. The van der Waals surface area contributed by atoms with Crippen LogP contribution in [-0.4, -0.2) is 5.91 Å².